The Bertz CT molecular complexity index is 617. The minimum Gasteiger partial charge on any atom is -0.493 e. The summed E-state index contributed by atoms with van der Waals surface area (Å²) in [5, 5.41) is 0. The summed E-state index contributed by atoms with van der Waals surface area (Å²) in [6.07, 6.45) is 2.55. The first-order valence-electron chi connectivity index (χ1n) is 8.74. The molecule has 0 spiro atoms. The summed E-state index contributed by atoms with van der Waals surface area (Å²) in [5.41, 5.74) is 0.699. The van der Waals surface area contributed by atoms with Crippen molar-refractivity contribution in [3.05, 3.63) is 18.2 Å². The number of ether oxygens (including phenoxy) is 2. The number of methoxy groups -OCH3 is 2. The summed E-state index contributed by atoms with van der Waals surface area (Å²) in [7, 11) is 3.12. The number of hydrogen-bond donors (Lipinski definition) is 0. The average molecular weight is 348 g/mol. The van der Waals surface area contributed by atoms with Crippen molar-refractivity contribution >= 4 is 17.5 Å². The van der Waals surface area contributed by atoms with E-state index in [-0.39, 0.29) is 11.8 Å². The van der Waals surface area contributed by atoms with Crippen molar-refractivity contribution in [2.45, 2.75) is 33.1 Å². The van der Waals surface area contributed by atoms with Crippen LogP contribution in [0.15, 0.2) is 18.2 Å². The lowest BCUT2D eigenvalue weighted by Crippen LogP contribution is -2.41. The van der Waals surface area contributed by atoms with Crippen molar-refractivity contribution in [3.8, 4) is 11.5 Å². The van der Waals surface area contributed by atoms with Crippen molar-refractivity contribution in [3.63, 3.8) is 0 Å². The molecule has 1 aromatic carbocycles. The lowest BCUT2D eigenvalue weighted by molar-refractivity contribution is -0.132. The molecule has 6 nitrogen and oxygen atoms in total. The summed E-state index contributed by atoms with van der Waals surface area (Å²) >= 11 is 0. The van der Waals surface area contributed by atoms with Gasteiger partial charge in [-0.3, -0.25) is 9.59 Å². The molecule has 1 aliphatic rings. The molecule has 0 radical (unpaired) electrons. The average Bonchev–Trinajstić information content (AvgIpc) is 2.61. The summed E-state index contributed by atoms with van der Waals surface area (Å²) in [5.74, 6) is 1.72. The van der Waals surface area contributed by atoms with E-state index in [1.807, 2.05) is 4.90 Å². The van der Waals surface area contributed by atoms with E-state index >= 15 is 0 Å². The van der Waals surface area contributed by atoms with Crippen molar-refractivity contribution in [2.75, 3.05) is 38.8 Å². The van der Waals surface area contributed by atoms with E-state index < -0.39 is 0 Å². The van der Waals surface area contributed by atoms with Gasteiger partial charge in [-0.05, 0) is 30.9 Å². The van der Waals surface area contributed by atoms with Gasteiger partial charge in [-0.15, -0.1) is 0 Å². The van der Waals surface area contributed by atoms with Gasteiger partial charge in [-0.1, -0.05) is 6.92 Å². The van der Waals surface area contributed by atoms with Gasteiger partial charge >= 0.3 is 0 Å². The number of rotatable bonds is 6. The normalized spacial score (nSPS) is 17.1. The third-order valence-corrected chi connectivity index (χ3v) is 4.62. The minimum absolute atomic E-state index is 0.105. The largest absolute Gasteiger partial charge is 0.493 e. The number of likely N-dealkylation sites (tertiary alicyclic amines) is 1. The van der Waals surface area contributed by atoms with Gasteiger partial charge in [0, 0.05) is 44.7 Å². The molecule has 1 aliphatic heterocycles. The Morgan fingerprint density at radius 3 is 2.56 bits per heavy atom. The van der Waals surface area contributed by atoms with Crippen LogP contribution in [-0.2, 0) is 9.59 Å². The molecular weight excluding hydrogens is 320 g/mol. The molecule has 0 aromatic heterocycles. The maximum absolute atomic E-state index is 12.5. The third kappa shape index (κ3) is 4.87. The highest BCUT2D eigenvalue weighted by atomic mass is 16.5. The predicted octanol–water partition coefficient (Wildman–Crippen LogP) is 2.71. The molecule has 1 aromatic rings. The van der Waals surface area contributed by atoms with E-state index in [1.54, 1.807) is 37.3 Å². The molecule has 1 unspecified atom stereocenters. The van der Waals surface area contributed by atoms with Crippen molar-refractivity contribution in [1.29, 1.82) is 0 Å². The fourth-order valence-electron chi connectivity index (χ4n) is 3.24. The Labute approximate surface area is 149 Å². The number of benzene rings is 1. The number of hydrogen-bond acceptors (Lipinski definition) is 4. The van der Waals surface area contributed by atoms with Gasteiger partial charge in [0.2, 0.25) is 11.8 Å². The standard InChI is InChI=1S/C19H28N2O4/c1-14-6-5-10-20(13-14)19(23)9-11-21(15(2)22)16-7-8-17(24-3)18(12-16)25-4/h7-8,12,14H,5-6,9-11,13H2,1-4H3. The minimum atomic E-state index is -0.105. The molecule has 1 fully saturated rings. The molecule has 6 heteroatoms. The summed E-state index contributed by atoms with van der Waals surface area (Å²) in [6, 6.07) is 5.32. The van der Waals surface area contributed by atoms with Gasteiger partial charge in [-0.2, -0.15) is 0 Å². The predicted molar refractivity (Wildman–Crippen MR) is 97.2 cm³/mol. The van der Waals surface area contributed by atoms with E-state index in [2.05, 4.69) is 6.92 Å². The molecule has 1 heterocycles. The van der Waals surface area contributed by atoms with E-state index in [0.717, 1.165) is 19.5 Å². The number of carbonyl (C=O) groups excluding carboxylic acids is 2. The van der Waals surface area contributed by atoms with Crippen LogP contribution in [0, 0.1) is 5.92 Å². The molecule has 25 heavy (non-hydrogen) atoms. The zero-order valence-corrected chi connectivity index (χ0v) is 15.6. The van der Waals surface area contributed by atoms with Gasteiger partial charge in [0.1, 0.15) is 0 Å². The second-order valence-corrected chi connectivity index (χ2v) is 6.55. The summed E-state index contributed by atoms with van der Waals surface area (Å²) < 4.78 is 10.5. The van der Waals surface area contributed by atoms with E-state index in [9.17, 15) is 9.59 Å². The second kappa shape index (κ2) is 8.74. The topological polar surface area (TPSA) is 59.1 Å². The van der Waals surface area contributed by atoms with Crippen LogP contribution in [0.4, 0.5) is 5.69 Å². The van der Waals surface area contributed by atoms with Crippen LogP contribution in [-0.4, -0.2) is 50.6 Å². The number of amides is 2. The van der Waals surface area contributed by atoms with E-state index in [4.69, 9.17) is 9.47 Å². The molecule has 0 N–H and O–H groups in total. The van der Waals surface area contributed by atoms with Crippen LogP contribution in [0.25, 0.3) is 0 Å². The lowest BCUT2D eigenvalue weighted by Gasteiger charge is -2.31. The third-order valence-electron chi connectivity index (χ3n) is 4.62. The fourth-order valence-corrected chi connectivity index (χ4v) is 3.24. The highest BCUT2D eigenvalue weighted by molar-refractivity contribution is 5.92. The van der Waals surface area contributed by atoms with Crippen LogP contribution in [0.5, 0.6) is 11.5 Å². The molecule has 1 saturated heterocycles. The molecule has 0 bridgehead atoms. The maximum atomic E-state index is 12.5. The molecule has 2 amide bonds. The molecule has 0 aliphatic carbocycles. The highest BCUT2D eigenvalue weighted by Crippen LogP contribution is 2.31. The van der Waals surface area contributed by atoms with Crippen LogP contribution in [0.1, 0.15) is 33.1 Å². The lowest BCUT2D eigenvalue weighted by atomic mass is 10.00. The Hall–Kier alpha value is -2.24. The second-order valence-electron chi connectivity index (χ2n) is 6.55. The Kier molecular flexibility index (Phi) is 6.67. The van der Waals surface area contributed by atoms with Crippen LogP contribution >= 0.6 is 0 Å². The number of nitrogens with zero attached hydrogens (tertiary/aromatic N) is 2. The van der Waals surface area contributed by atoms with Crippen LogP contribution in [0.3, 0.4) is 0 Å². The van der Waals surface area contributed by atoms with Gasteiger partial charge < -0.3 is 19.3 Å². The quantitative estimate of drug-likeness (QED) is 0.793. The number of piperidine rings is 1. The van der Waals surface area contributed by atoms with Gasteiger partial charge in [-0.25, -0.2) is 0 Å². The molecule has 1 atom stereocenters. The van der Waals surface area contributed by atoms with Crippen molar-refractivity contribution < 1.29 is 19.1 Å². The van der Waals surface area contributed by atoms with Crippen molar-refractivity contribution in [2.24, 2.45) is 5.92 Å². The first-order chi connectivity index (χ1) is 12.0. The molecule has 2 rings (SSSR count). The van der Waals surface area contributed by atoms with E-state index in [0.29, 0.717) is 36.1 Å². The fraction of sp³-hybridized carbons (Fsp3) is 0.579. The Morgan fingerprint density at radius 1 is 1.24 bits per heavy atom. The van der Waals surface area contributed by atoms with Crippen molar-refractivity contribution in [1.82, 2.24) is 4.90 Å². The smallest absolute Gasteiger partial charge is 0.224 e. The van der Waals surface area contributed by atoms with Crippen LogP contribution < -0.4 is 14.4 Å². The Morgan fingerprint density at radius 2 is 1.96 bits per heavy atom. The first-order valence-corrected chi connectivity index (χ1v) is 8.74. The zero-order chi connectivity index (χ0) is 18.4. The molecule has 0 saturated carbocycles. The number of anilines is 1. The Balaban J connectivity index is 2.06. The van der Waals surface area contributed by atoms with Gasteiger partial charge in [0.15, 0.2) is 11.5 Å². The molecular formula is C19H28N2O4. The van der Waals surface area contributed by atoms with Gasteiger partial charge in [0.05, 0.1) is 14.2 Å². The van der Waals surface area contributed by atoms with Gasteiger partial charge in [0.25, 0.3) is 0 Å². The zero-order valence-electron chi connectivity index (χ0n) is 15.6. The monoisotopic (exact) mass is 348 g/mol. The first kappa shape index (κ1) is 19.1. The maximum Gasteiger partial charge on any atom is 0.224 e. The van der Waals surface area contributed by atoms with Crippen LogP contribution in [0.2, 0.25) is 0 Å². The number of carbonyl (C=O) groups is 2. The summed E-state index contributed by atoms with van der Waals surface area (Å²) in [6.45, 7) is 5.67. The SMILES string of the molecule is COc1ccc(N(CCC(=O)N2CCCC(C)C2)C(C)=O)cc1OC. The van der Waals surface area contributed by atoms with E-state index in [1.165, 1.54) is 13.3 Å². The highest BCUT2D eigenvalue weighted by Gasteiger charge is 2.22. The summed E-state index contributed by atoms with van der Waals surface area (Å²) in [4.78, 5) is 28.1. The molecule has 138 valence electrons.